The molecule has 1 unspecified atom stereocenters. The van der Waals surface area contributed by atoms with Crippen LogP contribution in [0.5, 0.6) is 0 Å². The van der Waals surface area contributed by atoms with E-state index in [9.17, 15) is 4.79 Å². The predicted octanol–water partition coefficient (Wildman–Crippen LogP) is -3.10. The van der Waals surface area contributed by atoms with Gasteiger partial charge in [0.25, 0.3) is 0 Å². The van der Waals surface area contributed by atoms with Gasteiger partial charge in [-0.05, 0) is 6.92 Å². The summed E-state index contributed by atoms with van der Waals surface area (Å²) < 4.78 is 0.196. The molecule has 0 radical (unpaired) electrons. The number of nitrogens with zero attached hydrogens (tertiary/aromatic N) is 1. The maximum Gasteiger partial charge on any atom is 0.325 e. The molecule has 1 N–H and O–H groups in total. The van der Waals surface area contributed by atoms with Gasteiger partial charge >= 0.3 is 5.91 Å². The largest absolute Gasteiger partial charge is 1.00 e. The standard InChI is InChI=1S/C7H15NO2S.HI/c1-6(11)7(10)8(2,3)4-5-9;/h6,9H,4-5H2,1-3H3;1H. The van der Waals surface area contributed by atoms with E-state index in [-0.39, 0.29) is 46.2 Å². The summed E-state index contributed by atoms with van der Waals surface area (Å²) in [4.78, 5) is 11.3. The second-order valence-electron chi connectivity index (χ2n) is 3.15. The van der Waals surface area contributed by atoms with Gasteiger partial charge in [-0.1, -0.05) is 0 Å². The first-order valence-corrected chi connectivity index (χ1v) is 4.10. The number of aliphatic hydroxyl groups is 1. The van der Waals surface area contributed by atoms with Crippen LogP contribution < -0.4 is 24.0 Å². The number of hydrogen-bond donors (Lipinski definition) is 2. The van der Waals surface area contributed by atoms with Crippen LogP contribution in [0.15, 0.2) is 0 Å². The summed E-state index contributed by atoms with van der Waals surface area (Å²) >= 11 is 4.03. The summed E-state index contributed by atoms with van der Waals surface area (Å²) in [5, 5.41) is 8.37. The van der Waals surface area contributed by atoms with Crippen molar-refractivity contribution in [1.82, 2.24) is 0 Å². The van der Waals surface area contributed by atoms with Crippen molar-refractivity contribution >= 4 is 18.5 Å². The number of hydrogen-bond acceptors (Lipinski definition) is 3. The Labute approximate surface area is 96.2 Å². The van der Waals surface area contributed by atoms with E-state index in [1.807, 2.05) is 0 Å². The first-order valence-electron chi connectivity index (χ1n) is 3.58. The van der Waals surface area contributed by atoms with Crippen LogP contribution in [0.3, 0.4) is 0 Å². The molecule has 5 heteroatoms. The van der Waals surface area contributed by atoms with Gasteiger partial charge in [-0.3, -0.25) is 4.48 Å². The van der Waals surface area contributed by atoms with Crippen molar-refractivity contribution in [2.45, 2.75) is 12.2 Å². The molecule has 0 aliphatic carbocycles. The molecular weight excluding hydrogens is 289 g/mol. The van der Waals surface area contributed by atoms with Gasteiger partial charge in [0.1, 0.15) is 11.8 Å². The first kappa shape index (κ1) is 15.2. The van der Waals surface area contributed by atoms with Crippen molar-refractivity contribution in [3.63, 3.8) is 0 Å². The van der Waals surface area contributed by atoms with E-state index in [4.69, 9.17) is 5.11 Å². The number of halogens is 1. The molecule has 0 fully saturated rings. The van der Waals surface area contributed by atoms with Crippen molar-refractivity contribution in [3.8, 4) is 0 Å². The highest BCUT2D eigenvalue weighted by Gasteiger charge is 2.28. The summed E-state index contributed by atoms with van der Waals surface area (Å²) in [6.07, 6.45) is 0. The summed E-state index contributed by atoms with van der Waals surface area (Å²) in [5.41, 5.74) is 0. The number of carbonyl (C=O) groups is 1. The molecule has 0 spiro atoms. The third-order valence-corrected chi connectivity index (χ3v) is 1.83. The molecule has 12 heavy (non-hydrogen) atoms. The first-order chi connectivity index (χ1) is 4.91. The highest BCUT2D eigenvalue weighted by atomic mass is 127. The fourth-order valence-electron chi connectivity index (χ4n) is 0.866. The lowest BCUT2D eigenvalue weighted by molar-refractivity contribution is -0.814. The molecule has 0 aliphatic rings. The number of likely N-dealkylation sites (N-methyl/N-ethyl adjacent to an activating group) is 1. The molecule has 74 valence electrons. The number of amides is 1. The molecule has 0 saturated carbocycles. The Balaban J connectivity index is 0. The van der Waals surface area contributed by atoms with E-state index < -0.39 is 0 Å². The van der Waals surface area contributed by atoms with Gasteiger partial charge in [0.15, 0.2) is 0 Å². The molecule has 3 nitrogen and oxygen atoms in total. The maximum absolute atomic E-state index is 11.3. The zero-order valence-electron chi connectivity index (χ0n) is 7.62. The average molecular weight is 305 g/mol. The van der Waals surface area contributed by atoms with Gasteiger partial charge in [-0.2, -0.15) is 12.6 Å². The van der Waals surface area contributed by atoms with Crippen LogP contribution in [-0.4, -0.2) is 48.0 Å². The number of quaternary nitrogens is 1. The fourth-order valence-corrected chi connectivity index (χ4v) is 1.18. The van der Waals surface area contributed by atoms with E-state index in [0.717, 1.165) is 0 Å². The summed E-state index contributed by atoms with van der Waals surface area (Å²) in [7, 11) is 3.54. The van der Waals surface area contributed by atoms with E-state index in [1.165, 1.54) is 0 Å². The van der Waals surface area contributed by atoms with E-state index in [0.29, 0.717) is 6.54 Å². The molecule has 0 saturated heterocycles. The van der Waals surface area contributed by atoms with E-state index >= 15 is 0 Å². The Morgan fingerprint density at radius 3 is 2.25 bits per heavy atom. The highest BCUT2D eigenvalue weighted by Crippen LogP contribution is 2.05. The Morgan fingerprint density at radius 2 is 2.00 bits per heavy atom. The van der Waals surface area contributed by atoms with Gasteiger partial charge in [-0.25, -0.2) is 4.79 Å². The zero-order chi connectivity index (χ0) is 9.07. The molecule has 1 amide bonds. The van der Waals surface area contributed by atoms with Crippen molar-refractivity contribution in [2.75, 3.05) is 27.2 Å². The molecule has 1 atom stereocenters. The fraction of sp³-hybridized carbons (Fsp3) is 0.857. The zero-order valence-corrected chi connectivity index (χ0v) is 10.7. The van der Waals surface area contributed by atoms with Crippen molar-refractivity contribution in [2.24, 2.45) is 0 Å². The van der Waals surface area contributed by atoms with Gasteiger partial charge < -0.3 is 29.1 Å². The number of aliphatic hydroxyl groups excluding tert-OH is 1. The molecule has 0 aromatic carbocycles. The smallest absolute Gasteiger partial charge is 0.325 e. The van der Waals surface area contributed by atoms with Crippen LogP contribution >= 0.6 is 12.6 Å². The summed E-state index contributed by atoms with van der Waals surface area (Å²) in [6, 6.07) is 0. The second kappa shape index (κ2) is 6.17. The maximum atomic E-state index is 11.3. The summed E-state index contributed by atoms with van der Waals surface area (Å²) in [6.45, 7) is 2.21. The van der Waals surface area contributed by atoms with Gasteiger partial charge in [0.2, 0.25) is 0 Å². The molecule has 0 aromatic heterocycles. The van der Waals surface area contributed by atoms with Crippen LogP contribution in [-0.2, 0) is 4.79 Å². The third kappa shape index (κ3) is 4.64. The Morgan fingerprint density at radius 1 is 1.58 bits per heavy atom. The Kier molecular flexibility index (Phi) is 7.80. The minimum atomic E-state index is -0.267. The predicted molar refractivity (Wildman–Crippen MR) is 47.5 cm³/mol. The lowest BCUT2D eigenvalue weighted by Crippen LogP contribution is -3.00. The van der Waals surface area contributed by atoms with Crippen LogP contribution in [0.25, 0.3) is 0 Å². The monoisotopic (exact) mass is 305 g/mol. The normalized spacial score (nSPS) is 13.4. The van der Waals surface area contributed by atoms with Crippen LogP contribution in [0, 0.1) is 0 Å². The third-order valence-electron chi connectivity index (χ3n) is 1.61. The van der Waals surface area contributed by atoms with Crippen molar-refractivity contribution in [1.29, 1.82) is 0 Å². The van der Waals surface area contributed by atoms with Gasteiger partial charge in [-0.15, -0.1) is 0 Å². The van der Waals surface area contributed by atoms with Gasteiger partial charge in [0.05, 0.1) is 20.7 Å². The average Bonchev–Trinajstić information content (AvgIpc) is 1.86. The number of carbonyl (C=O) groups excluding carboxylic acids is 1. The van der Waals surface area contributed by atoms with E-state index in [1.54, 1.807) is 21.0 Å². The van der Waals surface area contributed by atoms with Crippen LogP contribution in [0.2, 0.25) is 0 Å². The van der Waals surface area contributed by atoms with Crippen molar-refractivity contribution < 1.29 is 38.4 Å². The number of thiol groups is 1. The molecule has 0 aliphatic heterocycles. The van der Waals surface area contributed by atoms with Crippen molar-refractivity contribution in [3.05, 3.63) is 0 Å². The molecule has 0 rings (SSSR count). The van der Waals surface area contributed by atoms with Crippen LogP contribution in [0.1, 0.15) is 6.92 Å². The van der Waals surface area contributed by atoms with Crippen LogP contribution in [0.4, 0.5) is 0 Å². The molecule has 0 heterocycles. The second-order valence-corrected chi connectivity index (χ2v) is 3.92. The Hall–Kier alpha value is 0.670. The van der Waals surface area contributed by atoms with Gasteiger partial charge in [0, 0.05) is 0 Å². The summed E-state index contributed by atoms with van der Waals surface area (Å²) in [5.74, 6) is 0.0300. The minimum absolute atomic E-state index is 0. The lowest BCUT2D eigenvalue weighted by Gasteiger charge is -2.27. The highest BCUT2D eigenvalue weighted by molar-refractivity contribution is 7.81. The molecule has 0 bridgehead atoms. The Bertz CT molecular complexity index is 150. The molecular formula is C7H16INO2S. The topological polar surface area (TPSA) is 37.3 Å². The molecule has 0 aromatic rings. The quantitative estimate of drug-likeness (QED) is 0.329. The van der Waals surface area contributed by atoms with E-state index in [2.05, 4.69) is 12.6 Å². The lowest BCUT2D eigenvalue weighted by atomic mass is 10.3. The number of rotatable bonds is 3. The SMILES string of the molecule is CC(S)C(=O)[N+](C)(C)CCO.[I-]. The minimum Gasteiger partial charge on any atom is -1.00 e.